The van der Waals surface area contributed by atoms with E-state index in [2.05, 4.69) is 18.7 Å². The molecule has 0 aliphatic carbocycles. The first kappa shape index (κ1) is 16.6. The number of nitrogens with zero attached hydrogens (tertiary/aromatic N) is 1. The Labute approximate surface area is 120 Å². The Balaban J connectivity index is 3.11. The number of halogens is 1. The maximum atomic E-state index is 13.1. The van der Waals surface area contributed by atoms with Gasteiger partial charge in [0, 0.05) is 0 Å². The van der Waals surface area contributed by atoms with E-state index in [1.54, 1.807) is 19.1 Å². The van der Waals surface area contributed by atoms with Crippen LogP contribution in [0.25, 0.3) is 0 Å². The van der Waals surface area contributed by atoms with Gasteiger partial charge in [-0.3, -0.25) is 9.69 Å². The van der Waals surface area contributed by atoms with Crippen LogP contribution in [0.1, 0.15) is 39.7 Å². The molecule has 0 saturated heterocycles. The Morgan fingerprint density at radius 2 is 1.75 bits per heavy atom. The largest absolute Gasteiger partial charge is 0.466 e. The van der Waals surface area contributed by atoms with Gasteiger partial charge in [-0.1, -0.05) is 26.0 Å². The summed E-state index contributed by atoms with van der Waals surface area (Å²) >= 11 is 0. The van der Waals surface area contributed by atoms with Crippen molar-refractivity contribution in [3.63, 3.8) is 0 Å². The van der Waals surface area contributed by atoms with Crippen LogP contribution >= 0.6 is 0 Å². The molecule has 0 spiro atoms. The summed E-state index contributed by atoms with van der Waals surface area (Å²) in [7, 11) is 0. The van der Waals surface area contributed by atoms with Gasteiger partial charge in [0.2, 0.25) is 0 Å². The van der Waals surface area contributed by atoms with Crippen molar-refractivity contribution in [2.75, 3.05) is 19.7 Å². The van der Waals surface area contributed by atoms with Gasteiger partial charge >= 0.3 is 5.97 Å². The van der Waals surface area contributed by atoms with Crippen molar-refractivity contribution >= 4 is 5.97 Å². The Kier molecular flexibility index (Phi) is 6.14. The lowest BCUT2D eigenvalue weighted by Crippen LogP contribution is -2.45. The van der Waals surface area contributed by atoms with Crippen LogP contribution < -0.4 is 0 Å². The zero-order valence-electron chi connectivity index (χ0n) is 12.8. The van der Waals surface area contributed by atoms with E-state index >= 15 is 0 Å². The van der Waals surface area contributed by atoms with E-state index in [1.165, 1.54) is 12.1 Å². The van der Waals surface area contributed by atoms with Gasteiger partial charge in [0.25, 0.3) is 0 Å². The molecular weight excluding hydrogens is 257 g/mol. The second-order valence-electron chi connectivity index (χ2n) is 4.93. The van der Waals surface area contributed by atoms with Crippen LogP contribution in [-0.4, -0.2) is 30.6 Å². The first-order chi connectivity index (χ1) is 9.47. The molecule has 112 valence electrons. The second-order valence-corrected chi connectivity index (χ2v) is 4.93. The molecule has 0 aliphatic rings. The molecule has 1 aromatic carbocycles. The highest BCUT2D eigenvalue weighted by atomic mass is 19.1. The Hall–Kier alpha value is -1.42. The van der Waals surface area contributed by atoms with Crippen LogP contribution in [0, 0.1) is 5.82 Å². The van der Waals surface area contributed by atoms with Crippen LogP contribution in [0.3, 0.4) is 0 Å². The predicted molar refractivity (Wildman–Crippen MR) is 77.9 cm³/mol. The second kappa shape index (κ2) is 7.39. The summed E-state index contributed by atoms with van der Waals surface area (Å²) < 4.78 is 18.2. The number of carbonyl (C=O) groups excluding carboxylic acids is 1. The van der Waals surface area contributed by atoms with Crippen molar-refractivity contribution in [1.82, 2.24) is 4.90 Å². The number of esters is 1. The summed E-state index contributed by atoms with van der Waals surface area (Å²) in [5, 5.41) is 0. The zero-order chi connectivity index (χ0) is 15.2. The molecule has 20 heavy (non-hydrogen) atoms. The molecule has 0 bridgehead atoms. The highest BCUT2D eigenvalue weighted by Crippen LogP contribution is 2.32. The fourth-order valence-corrected chi connectivity index (χ4v) is 2.62. The minimum atomic E-state index is -0.483. The third kappa shape index (κ3) is 3.79. The van der Waals surface area contributed by atoms with Crippen LogP contribution in [0.4, 0.5) is 4.39 Å². The van der Waals surface area contributed by atoms with Crippen LogP contribution in [0.2, 0.25) is 0 Å². The molecule has 1 unspecified atom stereocenters. The number of hydrogen-bond donors (Lipinski definition) is 0. The van der Waals surface area contributed by atoms with Crippen molar-refractivity contribution in [2.45, 2.75) is 39.7 Å². The SMILES string of the molecule is CCOC(=O)CC(C)(c1ccc(F)cc1)N(CC)CC. The van der Waals surface area contributed by atoms with E-state index in [-0.39, 0.29) is 18.2 Å². The number of carbonyl (C=O) groups is 1. The van der Waals surface area contributed by atoms with Crippen molar-refractivity contribution < 1.29 is 13.9 Å². The third-order valence-electron chi connectivity index (χ3n) is 3.72. The first-order valence-electron chi connectivity index (χ1n) is 7.14. The van der Waals surface area contributed by atoms with Gasteiger partial charge in [-0.25, -0.2) is 4.39 Å². The molecule has 0 aliphatic heterocycles. The van der Waals surface area contributed by atoms with Gasteiger partial charge in [-0.05, 0) is 44.6 Å². The molecule has 3 nitrogen and oxygen atoms in total. The van der Waals surface area contributed by atoms with Gasteiger partial charge in [-0.2, -0.15) is 0 Å². The molecule has 1 atom stereocenters. The maximum absolute atomic E-state index is 13.1. The molecule has 0 amide bonds. The summed E-state index contributed by atoms with van der Waals surface area (Å²) in [4.78, 5) is 14.1. The Morgan fingerprint density at radius 1 is 1.20 bits per heavy atom. The van der Waals surface area contributed by atoms with Gasteiger partial charge in [-0.15, -0.1) is 0 Å². The average Bonchev–Trinajstić information content (AvgIpc) is 2.40. The summed E-state index contributed by atoms with van der Waals surface area (Å²) in [5.74, 6) is -0.502. The van der Waals surface area contributed by atoms with E-state index in [4.69, 9.17) is 4.74 Å². The monoisotopic (exact) mass is 281 g/mol. The van der Waals surface area contributed by atoms with Crippen LogP contribution in [-0.2, 0) is 15.1 Å². The maximum Gasteiger partial charge on any atom is 0.307 e. The van der Waals surface area contributed by atoms with Crippen LogP contribution in [0.5, 0.6) is 0 Å². The van der Waals surface area contributed by atoms with Crippen molar-refractivity contribution in [2.24, 2.45) is 0 Å². The normalized spacial score (nSPS) is 14.1. The van der Waals surface area contributed by atoms with E-state index < -0.39 is 5.54 Å². The standard InChI is InChI=1S/C16H24FNO2/c1-5-18(6-2)16(4,12-15(19)20-7-3)13-8-10-14(17)11-9-13/h8-11H,5-7,12H2,1-4H3. The average molecular weight is 281 g/mol. The molecule has 0 aromatic heterocycles. The summed E-state index contributed by atoms with van der Waals surface area (Å²) in [6.45, 7) is 9.89. The molecule has 0 saturated carbocycles. The minimum absolute atomic E-state index is 0.230. The third-order valence-corrected chi connectivity index (χ3v) is 3.72. The lowest BCUT2D eigenvalue weighted by molar-refractivity contribution is -0.146. The molecule has 0 fully saturated rings. The summed E-state index contributed by atoms with van der Waals surface area (Å²) in [6.07, 6.45) is 0.258. The molecule has 0 N–H and O–H groups in total. The first-order valence-corrected chi connectivity index (χ1v) is 7.14. The van der Waals surface area contributed by atoms with Gasteiger partial charge in [0.15, 0.2) is 0 Å². The molecule has 1 aromatic rings. The molecule has 0 radical (unpaired) electrons. The van der Waals surface area contributed by atoms with Crippen molar-refractivity contribution in [1.29, 1.82) is 0 Å². The lowest BCUT2D eigenvalue weighted by Gasteiger charge is -2.40. The van der Waals surface area contributed by atoms with Crippen molar-refractivity contribution in [3.05, 3.63) is 35.6 Å². The number of ether oxygens (including phenoxy) is 1. The van der Waals surface area contributed by atoms with Gasteiger partial charge in [0.05, 0.1) is 18.6 Å². The summed E-state index contributed by atoms with van der Waals surface area (Å²) in [5.41, 5.74) is 0.444. The van der Waals surface area contributed by atoms with E-state index in [9.17, 15) is 9.18 Å². The number of benzene rings is 1. The molecule has 1 rings (SSSR count). The highest BCUT2D eigenvalue weighted by molar-refractivity contribution is 5.71. The van der Waals surface area contributed by atoms with E-state index in [0.717, 1.165) is 18.7 Å². The summed E-state index contributed by atoms with van der Waals surface area (Å²) in [6, 6.07) is 6.35. The zero-order valence-corrected chi connectivity index (χ0v) is 12.8. The minimum Gasteiger partial charge on any atom is -0.466 e. The number of rotatable bonds is 7. The van der Waals surface area contributed by atoms with Crippen LogP contribution in [0.15, 0.2) is 24.3 Å². The lowest BCUT2D eigenvalue weighted by atomic mass is 9.86. The Bertz CT molecular complexity index is 429. The van der Waals surface area contributed by atoms with E-state index in [0.29, 0.717) is 6.61 Å². The molecule has 4 heteroatoms. The molecule has 0 heterocycles. The fraction of sp³-hybridized carbons (Fsp3) is 0.562. The van der Waals surface area contributed by atoms with Gasteiger partial charge < -0.3 is 4.74 Å². The van der Waals surface area contributed by atoms with Crippen molar-refractivity contribution in [3.8, 4) is 0 Å². The number of hydrogen-bond acceptors (Lipinski definition) is 3. The Morgan fingerprint density at radius 3 is 2.20 bits per heavy atom. The highest BCUT2D eigenvalue weighted by Gasteiger charge is 2.35. The smallest absolute Gasteiger partial charge is 0.307 e. The quantitative estimate of drug-likeness (QED) is 0.718. The fourth-order valence-electron chi connectivity index (χ4n) is 2.62. The molecular formula is C16H24FNO2. The predicted octanol–water partition coefficient (Wildman–Crippen LogP) is 3.34. The van der Waals surface area contributed by atoms with Gasteiger partial charge in [0.1, 0.15) is 5.82 Å². The topological polar surface area (TPSA) is 29.5 Å². The van der Waals surface area contributed by atoms with E-state index in [1.807, 2.05) is 6.92 Å².